The molecule has 1 heterocycles. The van der Waals surface area contributed by atoms with Crippen LogP contribution in [0.2, 0.25) is 0 Å². The van der Waals surface area contributed by atoms with Gasteiger partial charge in [0.15, 0.2) is 0 Å². The van der Waals surface area contributed by atoms with E-state index >= 15 is 0 Å². The molecule has 5 heteroatoms. The summed E-state index contributed by atoms with van der Waals surface area (Å²) in [7, 11) is -3.07. The van der Waals surface area contributed by atoms with Crippen molar-refractivity contribution in [1.82, 2.24) is 4.31 Å². The lowest BCUT2D eigenvalue weighted by Crippen LogP contribution is -2.44. The van der Waals surface area contributed by atoms with E-state index in [0.717, 1.165) is 38.5 Å². The lowest BCUT2D eigenvalue weighted by Gasteiger charge is -2.34. The zero-order valence-corrected chi connectivity index (χ0v) is 11.2. The highest BCUT2D eigenvalue weighted by Crippen LogP contribution is 2.28. The summed E-state index contributed by atoms with van der Waals surface area (Å²) in [6.07, 6.45) is 6.57. The predicted molar refractivity (Wildman–Crippen MR) is 67.2 cm³/mol. The molecular formula is C12H23NO3S. The SMILES string of the molecule is O=S(=O)(C1CCCCC1)N1CCC(CO)CC1. The van der Waals surface area contributed by atoms with E-state index in [1.54, 1.807) is 4.31 Å². The van der Waals surface area contributed by atoms with Crippen LogP contribution in [0.4, 0.5) is 0 Å². The molecule has 4 nitrogen and oxygen atoms in total. The van der Waals surface area contributed by atoms with Crippen LogP contribution in [0.25, 0.3) is 0 Å². The second-order valence-corrected chi connectivity index (χ2v) is 7.54. The Balaban J connectivity index is 1.96. The second kappa shape index (κ2) is 5.67. The average Bonchev–Trinajstić information content (AvgIpc) is 2.40. The molecule has 0 amide bonds. The first-order valence-electron chi connectivity index (χ1n) is 6.74. The van der Waals surface area contributed by atoms with Crippen molar-refractivity contribution >= 4 is 10.0 Å². The highest BCUT2D eigenvalue weighted by atomic mass is 32.2. The van der Waals surface area contributed by atoms with E-state index in [0.29, 0.717) is 19.0 Å². The minimum absolute atomic E-state index is 0.137. The van der Waals surface area contributed by atoms with Gasteiger partial charge < -0.3 is 5.11 Å². The normalized spacial score (nSPS) is 26.2. The zero-order valence-electron chi connectivity index (χ0n) is 10.3. The van der Waals surface area contributed by atoms with Gasteiger partial charge in [-0.05, 0) is 31.6 Å². The number of aliphatic hydroxyl groups excluding tert-OH is 1. The molecule has 0 aromatic heterocycles. The molecular weight excluding hydrogens is 238 g/mol. The van der Waals surface area contributed by atoms with Gasteiger partial charge in [0, 0.05) is 19.7 Å². The van der Waals surface area contributed by atoms with Gasteiger partial charge in [-0.15, -0.1) is 0 Å². The van der Waals surface area contributed by atoms with Gasteiger partial charge in [-0.1, -0.05) is 19.3 Å². The van der Waals surface area contributed by atoms with E-state index in [1.807, 2.05) is 0 Å². The number of hydrogen-bond donors (Lipinski definition) is 1. The van der Waals surface area contributed by atoms with Gasteiger partial charge in [-0.25, -0.2) is 12.7 Å². The number of sulfonamides is 1. The Morgan fingerprint density at radius 1 is 1.00 bits per heavy atom. The Kier molecular flexibility index (Phi) is 4.44. The molecule has 0 bridgehead atoms. The molecule has 1 saturated carbocycles. The summed E-state index contributed by atoms with van der Waals surface area (Å²) in [6, 6.07) is 0. The molecule has 17 heavy (non-hydrogen) atoms. The Labute approximate surface area is 104 Å². The van der Waals surface area contributed by atoms with E-state index in [4.69, 9.17) is 5.11 Å². The largest absolute Gasteiger partial charge is 0.396 e. The van der Waals surface area contributed by atoms with E-state index in [-0.39, 0.29) is 11.9 Å². The minimum Gasteiger partial charge on any atom is -0.396 e. The van der Waals surface area contributed by atoms with Crippen LogP contribution in [0, 0.1) is 5.92 Å². The van der Waals surface area contributed by atoms with Gasteiger partial charge in [-0.3, -0.25) is 0 Å². The Bertz CT molecular complexity index is 328. The fraction of sp³-hybridized carbons (Fsp3) is 1.00. The summed E-state index contributed by atoms with van der Waals surface area (Å²) >= 11 is 0. The lowest BCUT2D eigenvalue weighted by atomic mass is 9.99. The van der Waals surface area contributed by atoms with Crippen molar-refractivity contribution in [2.45, 2.75) is 50.2 Å². The van der Waals surface area contributed by atoms with Crippen LogP contribution in [0.1, 0.15) is 44.9 Å². The van der Waals surface area contributed by atoms with Crippen LogP contribution in [0.5, 0.6) is 0 Å². The van der Waals surface area contributed by atoms with Crippen LogP contribution >= 0.6 is 0 Å². The summed E-state index contributed by atoms with van der Waals surface area (Å²) in [5, 5.41) is 8.92. The van der Waals surface area contributed by atoms with Gasteiger partial charge >= 0.3 is 0 Å². The Morgan fingerprint density at radius 2 is 1.59 bits per heavy atom. The lowest BCUT2D eigenvalue weighted by molar-refractivity contribution is 0.169. The number of hydrogen-bond acceptors (Lipinski definition) is 3. The average molecular weight is 261 g/mol. The first-order valence-corrected chi connectivity index (χ1v) is 8.24. The molecule has 1 N–H and O–H groups in total. The molecule has 0 radical (unpaired) electrons. The second-order valence-electron chi connectivity index (χ2n) is 5.33. The molecule has 0 aromatic carbocycles. The van der Waals surface area contributed by atoms with Gasteiger partial charge in [-0.2, -0.15) is 0 Å². The van der Waals surface area contributed by atoms with E-state index in [9.17, 15) is 8.42 Å². The quantitative estimate of drug-likeness (QED) is 0.834. The molecule has 0 unspecified atom stereocenters. The Morgan fingerprint density at radius 3 is 2.12 bits per heavy atom. The van der Waals surface area contributed by atoms with E-state index < -0.39 is 10.0 Å². The number of rotatable bonds is 3. The zero-order chi connectivity index (χ0) is 12.3. The van der Waals surface area contributed by atoms with Gasteiger partial charge in [0.05, 0.1) is 5.25 Å². The molecule has 0 spiro atoms. The third-order valence-electron chi connectivity index (χ3n) is 4.17. The maximum atomic E-state index is 12.4. The fourth-order valence-electron chi connectivity index (χ4n) is 2.92. The number of aliphatic hydroxyl groups is 1. The van der Waals surface area contributed by atoms with Crippen molar-refractivity contribution in [2.75, 3.05) is 19.7 Å². The van der Waals surface area contributed by atoms with Gasteiger partial charge in [0.25, 0.3) is 0 Å². The van der Waals surface area contributed by atoms with Crippen molar-refractivity contribution in [3.05, 3.63) is 0 Å². The van der Waals surface area contributed by atoms with Crippen molar-refractivity contribution < 1.29 is 13.5 Å². The summed E-state index contributed by atoms with van der Waals surface area (Å²) in [4.78, 5) is 0. The third kappa shape index (κ3) is 3.01. The maximum Gasteiger partial charge on any atom is 0.216 e. The van der Waals surface area contributed by atoms with Crippen LogP contribution in [0.15, 0.2) is 0 Å². The summed E-state index contributed by atoms with van der Waals surface area (Å²) < 4.78 is 26.5. The van der Waals surface area contributed by atoms with Crippen LogP contribution in [0.3, 0.4) is 0 Å². The molecule has 1 aliphatic carbocycles. The predicted octanol–water partition coefficient (Wildman–Crippen LogP) is 1.35. The van der Waals surface area contributed by atoms with Crippen molar-refractivity contribution in [3.8, 4) is 0 Å². The third-order valence-corrected chi connectivity index (χ3v) is 6.56. The molecule has 0 aromatic rings. The Hall–Kier alpha value is -0.130. The van der Waals surface area contributed by atoms with Crippen molar-refractivity contribution in [3.63, 3.8) is 0 Å². The summed E-state index contributed by atoms with van der Waals surface area (Å²) in [5.74, 6) is 0.299. The maximum absolute atomic E-state index is 12.4. The first kappa shape index (κ1) is 13.3. The fourth-order valence-corrected chi connectivity index (χ4v) is 4.99. The number of nitrogens with zero attached hydrogens (tertiary/aromatic N) is 1. The summed E-state index contributed by atoms with van der Waals surface area (Å²) in [5.41, 5.74) is 0. The molecule has 0 atom stereocenters. The van der Waals surface area contributed by atoms with E-state index in [1.165, 1.54) is 6.42 Å². The monoisotopic (exact) mass is 261 g/mol. The molecule has 2 rings (SSSR count). The van der Waals surface area contributed by atoms with Gasteiger partial charge in [0.1, 0.15) is 0 Å². The van der Waals surface area contributed by atoms with Crippen LogP contribution in [-0.2, 0) is 10.0 Å². The standard InChI is InChI=1S/C12H23NO3S/c14-10-11-6-8-13(9-7-11)17(15,16)12-4-2-1-3-5-12/h11-12,14H,1-10H2. The summed E-state index contributed by atoms with van der Waals surface area (Å²) in [6.45, 7) is 1.39. The van der Waals surface area contributed by atoms with Gasteiger partial charge in [0.2, 0.25) is 10.0 Å². The highest BCUT2D eigenvalue weighted by Gasteiger charge is 2.34. The minimum atomic E-state index is -3.07. The van der Waals surface area contributed by atoms with Crippen molar-refractivity contribution in [2.24, 2.45) is 5.92 Å². The topological polar surface area (TPSA) is 57.6 Å². The number of piperidine rings is 1. The first-order chi connectivity index (χ1) is 8.14. The van der Waals surface area contributed by atoms with Crippen LogP contribution in [-0.4, -0.2) is 42.8 Å². The van der Waals surface area contributed by atoms with Crippen LogP contribution < -0.4 is 0 Å². The molecule has 2 fully saturated rings. The molecule has 1 saturated heterocycles. The van der Waals surface area contributed by atoms with E-state index in [2.05, 4.69) is 0 Å². The molecule has 2 aliphatic rings. The molecule has 100 valence electrons. The molecule has 1 aliphatic heterocycles. The van der Waals surface area contributed by atoms with Crippen molar-refractivity contribution in [1.29, 1.82) is 0 Å². The highest BCUT2D eigenvalue weighted by molar-refractivity contribution is 7.89. The smallest absolute Gasteiger partial charge is 0.216 e.